The molecule has 0 aliphatic heterocycles. The molecule has 158 valence electrons. The number of halogens is 1. The van der Waals surface area contributed by atoms with E-state index in [1.165, 1.54) is 30.5 Å². The van der Waals surface area contributed by atoms with Crippen molar-refractivity contribution >= 4 is 28.9 Å². The first-order chi connectivity index (χ1) is 15.5. The zero-order valence-electron chi connectivity index (χ0n) is 17.2. The predicted molar refractivity (Wildman–Crippen MR) is 122 cm³/mol. The number of nitrogens with zero attached hydrogens (tertiary/aromatic N) is 1. The maximum Gasteiger partial charge on any atom is 0.343 e. The van der Waals surface area contributed by atoms with Crippen molar-refractivity contribution in [1.82, 2.24) is 5.43 Å². The summed E-state index contributed by atoms with van der Waals surface area (Å²) in [5.41, 5.74) is 4.98. The predicted octanol–water partition coefficient (Wildman–Crippen LogP) is 5.27. The molecule has 32 heavy (non-hydrogen) atoms. The molecule has 1 amide bonds. The molecule has 0 radical (unpaired) electrons. The maximum atomic E-state index is 13.0. The maximum absolute atomic E-state index is 13.0. The molecule has 0 bridgehead atoms. The van der Waals surface area contributed by atoms with E-state index in [2.05, 4.69) is 10.5 Å². The molecular formula is C26H19FN2O3. The molecule has 5 nitrogen and oxygen atoms in total. The van der Waals surface area contributed by atoms with Crippen LogP contribution in [0.3, 0.4) is 0 Å². The minimum absolute atomic E-state index is 0.253. The number of aryl methyl sites for hydroxylation is 1. The lowest BCUT2D eigenvalue weighted by molar-refractivity contribution is 0.0734. The summed E-state index contributed by atoms with van der Waals surface area (Å²) in [6.45, 7) is 1.89. The minimum atomic E-state index is -0.580. The van der Waals surface area contributed by atoms with Crippen LogP contribution < -0.4 is 10.2 Å². The van der Waals surface area contributed by atoms with Gasteiger partial charge in [0, 0.05) is 0 Å². The Morgan fingerprint density at radius 1 is 0.906 bits per heavy atom. The van der Waals surface area contributed by atoms with E-state index in [1.807, 2.05) is 43.3 Å². The number of hydrazone groups is 1. The number of amides is 1. The van der Waals surface area contributed by atoms with Crippen LogP contribution in [-0.4, -0.2) is 18.1 Å². The molecule has 6 heteroatoms. The highest BCUT2D eigenvalue weighted by atomic mass is 19.1. The molecule has 0 heterocycles. The molecule has 0 saturated carbocycles. The molecule has 1 N–H and O–H groups in total. The van der Waals surface area contributed by atoms with Crippen molar-refractivity contribution in [2.45, 2.75) is 6.92 Å². The van der Waals surface area contributed by atoms with Crippen molar-refractivity contribution in [3.8, 4) is 5.75 Å². The second-order valence-electron chi connectivity index (χ2n) is 7.14. The normalized spacial score (nSPS) is 10.9. The van der Waals surface area contributed by atoms with Crippen molar-refractivity contribution in [2.24, 2.45) is 5.10 Å². The highest BCUT2D eigenvalue weighted by Crippen LogP contribution is 2.22. The Kier molecular flexibility index (Phi) is 6.03. The number of esters is 1. The third-order valence-corrected chi connectivity index (χ3v) is 4.91. The van der Waals surface area contributed by atoms with Gasteiger partial charge in [-0.15, -0.1) is 0 Å². The number of hydrogen-bond donors (Lipinski definition) is 1. The van der Waals surface area contributed by atoms with E-state index in [4.69, 9.17) is 4.74 Å². The molecule has 0 saturated heterocycles. The molecule has 0 atom stereocenters. The average molecular weight is 426 g/mol. The number of nitrogens with one attached hydrogen (secondary N) is 1. The summed E-state index contributed by atoms with van der Waals surface area (Å²) in [6.07, 6.45) is 1.50. The highest BCUT2D eigenvalue weighted by Gasteiger charge is 2.12. The Labute approximate surface area is 184 Å². The number of carbonyl (C=O) groups excluding carboxylic acids is 2. The number of rotatable bonds is 5. The van der Waals surface area contributed by atoms with E-state index < -0.39 is 11.8 Å². The van der Waals surface area contributed by atoms with Crippen molar-refractivity contribution < 1.29 is 18.7 Å². The van der Waals surface area contributed by atoms with E-state index in [-0.39, 0.29) is 11.5 Å². The Morgan fingerprint density at radius 2 is 1.62 bits per heavy atom. The van der Waals surface area contributed by atoms with Crippen LogP contribution >= 0.6 is 0 Å². The van der Waals surface area contributed by atoms with E-state index in [0.717, 1.165) is 16.3 Å². The fourth-order valence-electron chi connectivity index (χ4n) is 3.28. The third kappa shape index (κ3) is 4.70. The monoisotopic (exact) mass is 426 g/mol. The van der Waals surface area contributed by atoms with Gasteiger partial charge >= 0.3 is 5.97 Å². The van der Waals surface area contributed by atoms with Gasteiger partial charge in [-0.1, -0.05) is 36.4 Å². The fraction of sp³-hybridized carbons (Fsp3) is 0.0385. The molecule has 0 aromatic heterocycles. The van der Waals surface area contributed by atoms with Gasteiger partial charge in [0.25, 0.3) is 5.91 Å². The van der Waals surface area contributed by atoms with Gasteiger partial charge in [0.15, 0.2) is 0 Å². The Morgan fingerprint density at radius 3 is 2.38 bits per heavy atom. The smallest absolute Gasteiger partial charge is 0.343 e. The number of hydrogen-bond acceptors (Lipinski definition) is 4. The summed E-state index contributed by atoms with van der Waals surface area (Å²) < 4.78 is 18.2. The SMILES string of the molecule is Cc1ccc2ccccc2c1C(=O)N/N=C\c1ccc(OC(=O)c2ccc(F)cc2)cc1. The van der Waals surface area contributed by atoms with Crippen molar-refractivity contribution in [3.63, 3.8) is 0 Å². The summed E-state index contributed by atoms with van der Waals surface area (Å²) in [7, 11) is 0. The van der Waals surface area contributed by atoms with Crippen LogP contribution in [0, 0.1) is 12.7 Å². The highest BCUT2D eigenvalue weighted by molar-refractivity contribution is 6.08. The minimum Gasteiger partial charge on any atom is -0.423 e. The van der Waals surface area contributed by atoms with Crippen LogP contribution in [0.4, 0.5) is 4.39 Å². The molecule has 0 spiro atoms. The summed E-state index contributed by atoms with van der Waals surface area (Å²) in [5.74, 6) is -0.954. The topological polar surface area (TPSA) is 67.8 Å². The molecule has 4 aromatic rings. The van der Waals surface area contributed by atoms with Crippen molar-refractivity contribution in [3.05, 3.63) is 113 Å². The van der Waals surface area contributed by atoms with Crippen molar-refractivity contribution in [2.75, 3.05) is 0 Å². The van der Waals surface area contributed by atoms with Gasteiger partial charge in [0.1, 0.15) is 11.6 Å². The quantitative estimate of drug-likeness (QED) is 0.205. The summed E-state index contributed by atoms with van der Waals surface area (Å²) in [5, 5.41) is 5.90. The summed E-state index contributed by atoms with van der Waals surface area (Å²) in [6, 6.07) is 23.3. The molecule has 4 aromatic carbocycles. The molecular weight excluding hydrogens is 407 g/mol. The third-order valence-electron chi connectivity index (χ3n) is 4.91. The fourth-order valence-corrected chi connectivity index (χ4v) is 3.28. The van der Waals surface area contributed by atoms with Crippen molar-refractivity contribution in [1.29, 1.82) is 0 Å². The van der Waals surface area contributed by atoms with Gasteiger partial charge in [-0.3, -0.25) is 4.79 Å². The lowest BCUT2D eigenvalue weighted by Gasteiger charge is -2.08. The Hall–Kier alpha value is -4.32. The van der Waals surface area contributed by atoms with Gasteiger partial charge in [-0.25, -0.2) is 14.6 Å². The largest absolute Gasteiger partial charge is 0.423 e. The first kappa shape index (κ1) is 20.9. The molecule has 4 rings (SSSR count). The van der Waals surface area contributed by atoms with Crippen LogP contribution in [-0.2, 0) is 0 Å². The van der Waals surface area contributed by atoms with Crippen LogP contribution in [0.25, 0.3) is 10.8 Å². The van der Waals surface area contributed by atoms with Gasteiger partial charge in [-0.2, -0.15) is 5.10 Å². The molecule has 0 aliphatic rings. The van der Waals surface area contributed by atoms with Gasteiger partial charge in [-0.05, 0) is 77.4 Å². The van der Waals surface area contributed by atoms with Crippen LogP contribution in [0.5, 0.6) is 5.75 Å². The summed E-state index contributed by atoms with van der Waals surface area (Å²) >= 11 is 0. The van der Waals surface area contributed by atoms with E-state index >= 15 is 0 Å². The first-order valence-electron chi connectivity index (χ1n) is 9.91. The lowest BCUT2D eigenvalue weighted by Crippen LogP contribution is -2.19. The Balaban J connectivity index is 1.40. The average Bonchev–Trinajstić information content (AvgIpc) is 2.80. The number of ether oxygens (including phenoxy) is 1. The molecule has 0 aliphatic carbocycles. The lowest BCUT2D eigenvalue weighted by atomic mass is 9.99. The van der Waals surface area contributed by atoms with Gasteiger partial charge in [0.2, 0.25) is 0 Å². The molecule has 0 fully saturated rings. The van der Waals surface area contributed by atoms with E-state index in [9.17, 15) is 14.0 Å². The van der Waals surface area contributed by atoms with Gasteiger partial charge in [0.05, 0.1) is 17.3 Å². The summed E-state index contributed by atoms with van der Waals surface area (Å²) in [4.78, 5) is 24.8. The van der Waals surface area contributed by atoms with Crippen LogP contribution in [0.2, 0.25) is 0 Å². The van der Waals surface area contributed by atoms with E-state index in [1.54, 1.807) is 24.3 Å². The molecule has 0 unspecified atom stereocenters. The first-order valence-corrected chi connectivity index (χ1v) is 9.91. The second-order valence-corrected chi connectivity index (χ2v) is 7.14. The second kappa shape index (κ2) is 9.22. The number of benzene rings is 4. The van der Waals surface area contributed by atoms with Gasteiger partial charge < -0.3 is 4.74 Å². The number of carbonyl (C=O) groups is 2. The zero-order valence-corrected chi connectivity index (χ0v) is 17.2. The Bertz CT molecular complexity index is 1310. The standard InChI is InChI=1S/C26H19FN2O3/c1-17-6-9-19-4-2-3-5-23(19)24(17)25(30)29-28-16-18-7-14-22(15-8-18)32-26(31)20-10-12-21(27)13-11-20/h2-16H,1H3,(H,29,30)/b28-16-. The zero-order chi connectivity index (χ0) is 22.5. The van der Waals surface area contributed by atoms with Crippen LogP contribution in [0.1, 0.15) is 31.8 Å². The number of fused-ring (bicyclic) bond motifs is 1. The van der Waals surface area contributed by atoms with E-state index in [0.29, 0.717) is 16.9 Å². The van der Waals surface area contributed by atoms with Crippen LogP contribution in [0.15, 0.2) is 90.0 Å².